The highest BCUT2D eigenvalue weighted by molar-refractivity contribution is 7.99. The van der Waals surface area contributed by atoms with Crippen LogP contribution in [0, 0.1) is 5.92 Å². The SMILES string of the molecule is CCNc1nccn1CC1CCSCC1. The Balaban J connectivity index is 1.93. The zero-order chi connectivity index (χ0) is 10.5. The normalized spacial score (nSPS) is 17.9. The van der Waals surface area contributed by atoms with Gasteiger partial charge in [-0.25, -0.2) is 4.98 Å². The van der Waals surface area contributed by atoms with Gasteiger partial charge in [-0.1, -0.05) is 0 Å². The second-order valence-corrected chi connectivity index (χ2v) is 5.21. The van der Waals surface area contributed by atoms with Crippen molar-refractivity contribution in [3.63, 3.8) is 0 Å². The third kappa shape index (κ3) is 2.91. The second-order valence-electron chi connectivity index (χ2n) is 3.99. The number of rotatable bonds is 4. The third-order valence-electron chi connectivity index (χ3n) is 2.85. The van der Waals surface area contributed by atoms with Crippen molar-refractivity contribution < 1.29 is 0 Å². The van der Waals surface area contributed by atoms with Gasteiger partial charge < -0.3 is 9.88 Å². The molecule has 1 aliphatic heterocycles. The number of hydrogen-bond acceptors (Lipinski definition) is 3. The van der Waals surface area contributed by atoms with Crippen LogP contribution in [0.15, 0.2) is 12.4 Å². The highest BCUT2D eigenvalue weighted by atomic mass is 32.2. The van der Waals surface area contributed by atoms with Crippen LogP contribution in [-0.2, 0) is 6.54 Å². The lowest BCUT2D eigenvalue weighted by Crippen LogP contribution is -2.17. The molecular formula is C11H19N3S. The summed E-state index contributed by atoms with van der Waals surface area (Å²) in [7, 11) is 0. The van der Waals surface area contributed by atoms with Gasteiger partial charge in [0.15, 0.2) is 0 Å². The van der Waals surface area contributed by atoms with Crippen molar-refractivity contribution >= 4 is 17.7 Å². The lowest BCUT2D eigenvalue weighted by Gasteiger charge is -2.22. The van der Waals surface area contributed by atoms with Crippen molar-refractivity contribution in [2.24, 2.45) is 5.92 Å². The van der Waals surface area contributed by atoms with Crippen molar-refractivity contribution in [1.29, 1.82) is 0 Å². The summed E-state index contributed by atoms with van der Waals surface area (Å²) in [6, 6.07) is 0. The molecule has 0 aliphatic carbocycles. The Bertz CT molecular complexity index is 292. The van der Waals surface area contributed by atoms with E-state index in [0.29, 0.717) is 0 Å². The van der Waals surface area contributed by atoms with E-state index in [1.54, 1.807) is 0 Å². The number of nitrogens with one attached hydrogen (secondary N) is 1. The molecule has 15 heavy (non-hydrogen) atoms. The minimum absolute atomic E-state index is 0.845. The molecule has 1 aromatic heterocycles. The molecule has 2 heterocycles. The smallest absolute Gasteiger partial charge is 0.202 e. The molecule has 4 heteroatoms. The largest absolute Gasteiger partial charge is 0.356 e. The van der Waals surface area contributed by atoms with Crippen molar-refractivity contribution in [3.05, 3.63) is 12.4 Å². The van der Waals surface area contributed by atoms with E-state index in [1.807, 2.05) is 6.20 Å². The summed E-state index contributed by atoms with van der Waals surface area (Å²) >= 11 is 2.09. The topological polar surface area (TPSA) is 29.9 Å². The molecule has 0 bridgehead atoms. The van der Waals surface area contributed by atoms with Gasteiger partial charge in [-0.15, -0.1) is 0 Å². The van der Waals surface area contributed by atoms with Crippen LogP contribution in [-0.4, -0.2) is 27.6 Å². The minimum Gasteiger partial charge on any atom is -0.356 e. The molecule has 0 amide bonds. The van der Waals surface area contributed by atoms with Gasteiger partial charge in [0.25, 0.3) is 0 Å². The van der Waals surface area contributed by atoms with Gasteiger partial charge in [0.05, 0.1) is 0 Å². The number of thioether (sulfide) groups is 1. The number of anilines is 1. The summed E-state index contributed by atoms with van der Waals surface area (Å²) in [5.41, 5.74) is 0. The van der Waals surface area contributed by atoms with Crippen molar-refractivity contribution in [2.75, 3.05) is 23.4 Å². The number of imidazole rings is 1. The zero-order valence-corrected chi connectivity index (χ0v) is 10.1. The Morgan fingerprint density at radius 1 is 1.53 bits per heavy atom. The average Bonchev–Trinajstić information content (AvgIpc) is 2.68. The van der Waals surface area contributed by atoms with E-state index in [-0.39, 0.29) is 0 Å². The Kier molecular flexibility index (Phi) is 3.94. The molecule has 1 N–H and O–H groups in total. The van der Waals surface area contributed by atoms with Gasteiger partial charge in [-0.05, 0) is 37.2 Å². The quantitative estimate of drug-likeness (QED) is 0.853. The highest BCUT2D eigenvalue weighted by Crippen LogP contribution is 2.24. The van der Waals surface area contributed by atoms with Crippen molar-refractivity contribution in [1.82, 2.24) is 9.55 Å². The molecule has 1 fully saturated rings. The van der Waals surface area contributed by atoms with Gasteiger partial charge >= 0.3 is 0 Å². The minimum atomic E-state index is 0.845. The van der Waals surface area contributed by atoms with Crippen molar-refractivity contribution in [3.8, 4) is 0 Å². The number of aromatic nitrogens is 2. The summed E-state index contributed by atoms with van der Waals surface area (Å²) in [6.45, 7) is 4.18. The summed E-state index contributed by atoms with van der Waals surface area (Å²) in [4.78, 5) is 4.32. The van der Waals surface area contributed by atoms with Crippen LogP contribution in [0.5, 0.6) is 0 Å². The standard InChI is InChI=1S/C11H19N3S/c1-2-12-11-13-5-6-14(11)9-10-3-7-15-8-4-10/h5-6,10H,2-4,7-9H2,1H3,(H,12,13). The Morgan fingerprint density at radius 3 is 3.07 bits per heavy atom. The monoisotopic (exact) mass is 225 g/mol. The molecule has 0 aromatic carbocycles. The van der Waals surface area contributed by atoms with Crippen molar-refractivity contribution in [2.45, 2.75) is 26.3 Å². The Morgan fingerprint density at radius 2 is 2.33 bits per heavy atom. The third-order valence-corrected chi connectivity index (χ3v) is 3.89. The predicted octanol–water partition coefficient (Wildman–Crippen LogP) is 2.46. The molecule has 0 atom stereocenters. The molecule has 2 rings (SSSR count). The fourth-order valence-electron chi connectivity index (χ4n) is 1.99. The van der Waals surface area contributed by atoms with Gasteiger partial charge in [-0.3, -0.25) is 0 Å². The van der Waals surface area contributed by atoms with Gasteiger partial charge in [0.1, 0.15) is 0 Å². The van der Waals surface area contributed by atoms with Crippen LogP contribution in [0.3, 0.4) is 0 Å². The maximum absolute atomic E-state index is 4.32. The van der Waals surface area contributed by atoms with Gasteiger partial charge in [0.2, 0.25) is 5.95 Å². The molecule has 1 saturated heterocycles. The fraction of sp³-hybridized carbons (Fsp3) is 0.727. The summed E-state index contributed by atoms with van der Waals surface area (Å²) < 4.78 is 2.25. The first-order chi connectivity index (χ1) is 7.40. The van der Waals surface area contributed by atoms with E-state index in [1.165, 1.54) is 24.3 Å². The van der Waals surface area contributed by atoms with Crippen LogP contribution >= 0.6 is 11.8 Å². The first-order valence-electron chi connectivity index (χ1n) is 5.73. The van der Waals surface area contributed by atoms with Crippen LogP contribution in [0.1, 0.15) is 19.8 Å². The Labute approximate surface area is 95.7 Å². The van der Waals surface area contributed by atoms with E-state index >= 15 is 0 Å². The zero-order valence-electron chi connectivity index (χ0n) is 9.28. The lowest BCUT2D eigenvalue weighted by atomic mass is 10.0. The first-order valence-corrected chi connectivity index (χ1v) is 6.88. The Hall–Kier alpha value is -0.640. The van der Waals surface area contributed by atoms with E-state index in [0.717, 1.165) is 25.0 Å². The molecule has 0 unspecified atom stereocenters. The van der Waals surface area contributed by atoms with Crippen LogP contribution < -0.4 is 5.32 Å². The molecule has 1 aromatic rings. The molecule has 0 saturated carbocycles. The first kappa shape index (κ1) is 10.9. The van der Waals surface area contributed by atoms with Crippen LogP contribution in [0.4, 0.5) is 5.95 Å². The number of hydrogen-bond donors (Lipinski definition) is 1. The van der Waals surface area contributed by atoms with Crippen LogP contribution in [0.25, 0.3) is 0 Å². The number of nitrogens with zero attached hydrogens (tertiary/aromatic N) is 2. The average molecular weight is 225 g/mol. The molecule has 0 spiro atoms. The molecule has 1 aliphatic rings. The van der Waals surface area contributed by atoms with Gasteiger partial charge in [-0.2, -0.15) is 11.8 Å². The summed E-state index contributed by atoms with van der Waals surface area (Å²) in [6.07, 6.45) is 6.68. The molecule has 3 nitrogen and oxygen atoms in total. The molecule has 0 radical (unpaired) electrons. The summed E-state index contributed by atoms with van der Waals surface area (Å²) in [5.74, 6) is 4.53. The van der Waals surface area contributed by atoms with E-state index < -0.39 is 0 Å². The predicted molar refractivity (Wildman–Crippen MR) is 66.4 cm³/mol. The van der Waals surface area contributed by atoms with Gasteiger partial charge in [0, 0.05) is 25.5 Å². The summed E-state index contributed by atoms with van der Waals surface area (Å²) in [5, 5.41) is 3.29. The van der Waals surface area contributed by atoms with E-state index in [4.69, 9.17) is 0 Å². The maximum atomic E-state index is 4.32. The molecular weight excluding hydrogens is 206 g/mol. The lowest BCUT2D eigenvalue weighted by molar-refractivity contribution is 0.419. The molecule has 84 valence electrons. The van der Waals surface area contributed by atoms with E-state index in [2.05, 4.69) is 39.8 Å². The fourth-order valence-corrected chi connectivity index (χ4v) is 3.19. The maximum Gasteiger partial charge on any atom is 0.202 e. The van der Waals surface area contributed by atoms with Crippen LogP contribution in [0.2, 0.25) is 0 Å². The van der Waals surface area contributed by atoms with E-state index in [9.17, 15) is 0 Å². The highest BCUT2D eigenvalue weighted by Gasteiger charge is 2.15. The second kappa shape index (κ2) is 5.45.